The van der Waals surface area contributed by atoms with E-state index >= 15 is 0 Å². The van der Waals surface area contributed by atoms with Gasteiger partial charge >= 0.3 is 12.4 Å². The van der Waals surface area contributed by atoms with E-state index in [-0.39, 0.29) is 41.6 Å². The summed E-state index contributed by atoms with van der Waals surface area (Å²) < 4.78 is 77.7. The van der Waals surface area contributed by atoms with Gasteiger partial charge in [-0.2, -0.15) is 26.3 Å². The van der Waals surface area contributed by atoms with E-state index in [9.17, 15) is 45.5 Å². The number of carbonyl (C=O) groups excluding carboxylic acids is 2. The summed E-state index contributed by atoms with van der Waals surface area (Å²) >= 11 is 3.32. The van der Waals surface area contributed by atoms with E-state index in [1.54, 1.807) is 0 Å². The minimum atomic E-state index is -5.02. The number of nitrogens with zero attached hydrogens (tertiary/aromatic N) is 2. The number of thiophene rings is 2. The summed E-state index contributed by atoms with van der Waals surface area (Å²) in [4.78, 5) is 57.9. The zero-order valence-electron chi connectivity index (χ0n) is 19.9. The molecule has 0 atom stereocenters. The first-order chi connectivity index (χ1) is 19.7. The second-order valence-corrected chi connectivity index (χ2v) is 13.1. The molecule has 4 aromatic heterocycles. The monoisotopic (exact) mass is 652 g/mol. The van der Waals surface area contributed by atoms with Crippen molar-refractivity contribution < 1.29 is 35.9 Å². The van der Waals surface area contributed by atoms with Crippen LogP contribution in [-0.2, 0) is 0 Å². The molecular weight excluding hydrogens is 647 g/mol. The Hall–Kier alpha value is -3.86. The number of hydrogen-bond acceptors (Lipinski definition) is 10. The van der Waals surface area contributed by atoms with Crippen LogP contribution in [0.4, 0.5) is 26.3 Å². The van der Waals surface area contributed by atoms with Crippen molar-refractivity contribution >= 4 is 98.9 Å². The van der Waals surface area contributed by atoms with Crippen LogP contribution < -0.4 is 10.9 Å². The third-order valence-corrected chi connectivity index (χ3v) is 11.1. The van der Waals surface area contributed by atoms with E-state index in [0.29, 0.717) is 42.8 Å². The first-order valence-corrected chi connectivity index (χ1v) is 14.7. The fraction of sp³-hybridized carbons (Fsp3) is 0.0769. The third kappa shape index (κ3) is 3.96. The average molecular weight is 653 g/mol. The molecule has 7 aromatic rings. The SMILES string of the molecule is O=C(c1ccc(-c2nc3c(=O)c4cc5c(cc4c3s2)c(=O)c2nc(-c3ccc(C(=O)C(F)(F)F)s3)sc25)s1)C(F)(F)F. The van der Waals surface area contributed by atoms with Crippen molar-refractivity contribution in [2.45, 2.75) is 12.4 Å². The molecule has 0 bridgehead atoms. The molecule has 3 aromatic carbocycles. The van der Waals surface area contributed by atoms with Gasteiger partial charge in [0.1, 0.15) is 21.0 Å². The molecule has 0 amide bonds. The van der Waals surface area contributed by atoms with Crippen LogP contribution in [0.3, 0.4) is 0 Å². The fourth-order valence-electron chi connectivity index (χ4n) is 4.56. The topological polar surface area (TPSA) is 94.1 Å². The number of aromatic nitrogens is 2. The second kappa shape index (κ2) is 8.82. The number of benzene rings is 1. The summed E-state index contributed by atoms with van der Waals surface area (Å²) in [6.45, 7) is 0. The minimum absolute atomic E-state index is 0.0730. The molecule has 42 heavy (non-hydrogen) atoms. The highest BCUT2D eigenvalue weighted by molar-refractivity contribution is 7.27. The largest absolute Gasteiger partial charge is 0.455 e. The molecule has 0 saturated carbocycles. The lowest BCUT2D eigenvalue weighted by molar-refractivity contribution is -0.0885. The van der Waals surface area contributed by atoms with Crippen molar-refractivity contribution in [2.24, 2.45) is 0 Å². The molecule has 0 saturated heterocycles. The number of halogens is 6. The van der Waals surface area contributed by atoms with Gasteiger partial charge in [0.2, 0.25) is 10.9 Å². The van der Waals surface area contributed by atoms with Crippen molar-refractivity contribution in [3.63, 3.8) is 0 Å². The number of thiazole rings is 2. The van der Waals surface area contributed by atoms with Crippen LogP contribution in [0.25, 0.3) is 61.7 Å². The van der Waals surface area contributed by atoms with E-state index in [0.717, 1.165) is 34.8 Å². The predicted octanol–water partition coefficient (Wildman–Crippen LogP) is 7.76. The van der Waals surface area contributed by atoms with Crippen LogP contribution in [0.15, 0.2) is 46.0 Å². The molecule has 7 rings (SSSR count). The Labute approximate surface area is 242 Å². The Morgan fingerprint density at radius 1 is 0.571 bits per heavy atom. The molecular formula is C26H6F6N2O4S4. The molecule has 0 fully saturated rings. The second-order valence-electron chi connectivity index (χ2n) is 8.98. The van der Waals surface area contributed by atoms with Crippen molar-refractivity contribution in [3.05, 3.63) is 66.6 Å². The molecule has 210 valence electrons. The third-order valence-electron chi connectivity index (χ3n) is 6.42. The van der Waals surface area contributed by atoms with Crippen LogP contribution >= 0.6 is 45.3 Å². The van der Waals surface area contributed by atoms with E-state index in [1.807, 2.05) is 0 Å². The number of fused-ring (bicyclic) bond motifs is 6. The number of ketones is 2. The predicted molar refractivity (Wildman–Crippen MR) is 150 cm³/mol. The van der Waals surface area contributed by atoms with Crippen LogP contribution in [0.5, 0.6) is 0 Å². The van der Waals surface area contributed by atoms with Gasteiger partial charge in [0, 0.05) is 21.5 Å². The van der Waals surface area contributed by atoms with E-state index in [2.05, 4.69) is 9.97 Å². The Kier molecular flexibility index (Phi) is 5.67. The maximum Gasteiger partial charge on any atom is 0.455 e. The van der Waals surface area contributed by atoms with Crippen LogP contribution in [0, 0.1) is 0 Å². The number of alkyl halides is 6. The lowest BCUT2D eigenvalue weighted by Crippen LogP contribution is -2.21. The Balaban J connectivity index is 1.32. The normalized spacial score (nSPS) is 12.9. The number of rotatable bonds is 4. The summed E-state index contributed by atoms with van der Waals surface area (Å²) in [6.07, 6.45) is -10.0. The first kappa shape index (κ1) is 27.0. The zero-order chi connectivity index (χ0) is 29.9. The lowest BCUT2D eigenvalue weighted by atomic mass is 10.1. The Morgan fingerprint density at radius 2 is 0.952 bits per heavy atom. The van der Waals surface area contributed by atoms with Gasteiger partial charge in [-0.25, -0.2) is 9.97 Å². The highest BCUT2D eigenvalue weighted by atomic mass is 32.1. The highest BCUT2D eigenvalue weighted by Gasteiger charge is 2.41. The molecule has 0 aliphatic rings. The average Bonchev–Trinajstić information content (AvgIpc) is 3.75. The maximum absolute atomic E-state index is 13.3. The Morgan fingerprint density at radius 3 is 1.31 bits per heavy atom. The van der Waals surface area contributed by atoms with Gasteiger partial charge in [0.25, 0.3) is 11.6 Å². The molecule has 16 heteroatoms. The first-order valence-electron chi connectivity index (χ1n) is 11.5. The number of hydrogen-bond donors (Lipinski definition) is 0. The zero-order valence-corrected chi connectivity index (χ0v) is 23.2. The Bertz CT molecular complexity index is 2210. The quantitative estimate of drug-likeness (QED) is 0.143. The molecule has 4 heterocycles. The van der Waals surface area contributed by atoms with E-state index < -0.39 is 44.5 Å². The summed E-state index contributed by atoms with van der Waals surface area (Å²) in [5.41, 5.74) is -0.756. The van der Waals surface area contributed by atoms with E-state index in [1.165, 1.54) is 24.3 Å². The molecule has 0 spiro atoms. The van der Waals surface area contributed by atoms with E-state index in [4.69, 9.17) is 0 Å². The van der Waals surface area contributed by atoms with Crippen molar-refractivity contribution in [3.8, 4) is 19.8 Å². The molecule has 0 unspecified atom stereocenters. The van der Waals surface area contributed by atoms with Gasteiger partial charge in [-0.3, -0.25) is 19.2 Å². The van der Waals surface area contributed by atoms with Crippen LogP contribution in [0.1, 0.15) is 19.3 Å². The van der Waals surface area contributed by atoms with Gasteiger partial charge in [-0.15, -0.1) is 45.3 Å². The fourth-order valence-corrected chi connectivity index (χ4v) is 8.79. The van der Waals surface area contributed by atoms with Gasteiger partial charge in [-0.1, -0.05) is 0 Å². The standard InChI is InChI=1S/C26H6F6N2O4S4/c27-25(28,29)21(37)11-1-3-13(39-11)23-33-15-17(35)7-6-10-8(5-9(7)19(15)41-23)18(36)16-20(10)42-24(34-16)14-4-2-12(40-14)22(38)26(30,31)32/h1-6H. The molecule has 6 nitrogen and oxygen atoms in total. The summed E-state index contributed by atoms with van der Waals surface area (Å²) in [5, 5.41) is 1.88. The van der Waals surface area contributed by atoms with Crippen molar-refractivity contribution in [1.29, 1.82) is 0 Å². The number of Topliss-reactive ketones (excluding diaryl/α,β-unsaturated/α-hetero) is 2. The minimum Gasteiger partial charge on any atom is -0.287 e. The number of carbonyl (C=O) groups is 2. The van der Waals surface area contributed by atoms with Gasteiger partial charge < -0.3 is 0 Å². The maximum atomic E-state index is 13.3. The van der Waals surface area contributed by atoms with Crippen molar-refractivity contribution in [2.75, 3.05) is 0 Å². The van der Waals surface area contributed by atoms with Gasteiger partial charge in [0.05, 0.1) is 28.9 Å². The summed E-state index contributed by atoms with van der Waals surface area (Å²) in [5.74, 6) is -3.95. The smallest absolute Gasteiger partial charge is 0.287 e. The van der Waals surface area contributed by atoms with Crippen molar-refractivity contribution in [1.82, 2.24) is 9.97 Å². The molecule has 0 N–H and O–H groups in total. The lowest BCUT2D eigenvalue weighted by Gasteiger charge is -2.01. The van der Waals surface area contributed by atoms with Crippen LogP contribution in [-0.4, -0.2) is 33.9 Å². The van der Waals surface area contributed by atoms with Gasteiger partial charge in [0.15, 0.2) is 0 Å². The van der Waals surface area contributed by atoms with Crippen LogP contribution in [0.2, 0.25) is 0 Å². The molecule has 0 aliphatic carbocycles. The highest BCUT2D eigenvalue weighted by Crippen LogP contribution is 2.42. The molecule has 0 aliphatic heterocycles. The molecule has 0 radical (unpaired) electrons. The van der Waals surface area contributed by atoms with Gasteiger partial charge in [-0.05, 0) is 36.4 Å². The summed E-state index contributed by atoms with van der Waals surface area (Å²) in [6, 6.07) is 7.82. The summed E-state index contributed by atoms with van der Waals surface area (Å²) in [7, 11) is 0.